The molecule has 1 aromatic heterocycles. The second-order valence-corrected chi connectivity index (χ2v) is 13.1. The molecule has 0 spiro atoms. The van der Waals surface area contributed by atoms with Gasteiger partial charge >= 0.3 is 5.97 Å². The Morgan fingerprint density at radius 3 is 2.35 bits per heavy atom. The van der Waals surface area contributed by atoms with Gasteiger partial charge in [-0.05, 0) is 99.7 Å². The van der Waals surface area contributed by atoms with Crippen molar-refractivity contribution in [3.63, 3.8) is 0 Å². The molecular formula is C38H41ClN2O6S. The molecule has 0 aliphatic carbocycles. The van der Waals surface area contributed by atoms with Crippen LogP contribution in [0.3, 0.4) is 0 Å². The second kappa shape index (κ2) is 15.3. The number of methoxy groups -OCH3 is 1. The summed E-state index contributed by atoms with van der Waals surface area (Å²) in [6.07, 6.45) is 3.08. The monoisotopic (exact) mass is 688 g/mol. The zero-order valence-electron chi connectivity index (χ0n) is 28.4. The highest BCUT2D eigenvalue weighted by atomic mass is 35.5. The molecule has 1 aliphatic heterocycles. The van der Waals surface area contributed by atoms with Gasteiger partial charge in [0, 0.05) is 10.6 Å². The third-order valence-corrected chi connectivity index (χ3v) is 9.37. The second-order valence-electron chi connectivity index (χ2n) is 11.6. The van der Waals surface area contributed by atoms with Gasteiger partial charge in [0.2, 0.25) is 0 Å². The fraction of sp³-hybridized carbons (Fsp3) is 0.342. The average Bonchev–Trinajstić information content (AvgIpc) is 3.35. The van der Waals surface area contributed by atoms with Crippen molar-refractivity contribution in [3.8, 4) is 17.2 Å². The van der Waals surface area contributed by atoms with Crippen LogP contribution in [-0.4, -0.2) is 30.9 Å². The van der Waals surface area contributed by atoms with Crippen LogP contribution in [0.15, 0.2) is 69.6 Å². The van der Waals surface area contributed by atoms with Gasteiger partial charge < -0.3 is 18.9 Å². The summed E-state index contributed by atoms with van der Waals surface area (Å²) in [5.41, 5.74) is 6.63. The molecular weight excluding hydrogens is 648 g/mol. The van der Waals surface area contributed by atoms with Crippen molar-refractivity contribution in [3.05, 3.63) is 118 Å². The van der Waals surface area contributed by atoms with Gasteiger partial charge in [0.25, 0.3) is 5.56 Å². The molecule has 10 heteroatoms. The minimum atomic E-state index is -0.846. The van der Waals surface area contributed by atoms with E-state index in [9.17, 15) is 9.59 Å². The summed E-state index contributed by atoms with van der Waals surface area (Å²) in [6.45, 7) is 13.0. The molecule has 1 atom stereocenters. The van der Waals surface area contributed by atoms with Crippen molar-refractivity contribution < 1.29 is 23.7 Å². The number of aromatic nitrogens is 1. The molecule has 4 aromatic rings. The smallest absolute Gasteiger partial charge is 0.338 e. The summed E-state index contributed by atoms with van der Waals surface area (Å²) in [4.78, 5) is 33.1. The van der Waals surface area contributed by atoms with Gasteiger partial charge in [-0.1, -0.05) is 60.0 Å². The van der Waals surface area contributed by atoms with Crippen LogP contribution in [0.4, 0.5) is 0 Å². The van der Waals surface area contributed by atoms with E-state index in [0.717, 1.165) is 17.5 Å². The van der Waals surface area contributed by atoms with Crippen LogP contribution in [-0.2, 0) is 16.1 Å². The molecule has 0 radical (unpaired) electrons. The highest BCUT2D eigenvalue weighted by molar-refractivity contribution is 7.07. The normalized spacial score (nSPS) is 14.4. The average molecular weight is 689 g/mol. The molecule has 0 saturated heterocycles. The number of carbonyl (C=O) groups excluding carboxylic acids is 1. The van der Waals surface area contributed by atoms with Gasteiger partial charge in [0.05, 0.1) is 36.1 Å². The zero-order valence-corrected chi connectivity index (χ0v) is 30.0. The van der Waals surface area contributed by atoms with E-state index in [1.54, 1.807) is 36.8 Å². The van der Waals surface area contributed by atoms with Crippen LogP contribution >= 0.6 is 22.9 Å². The van der Waals surface area contributed by atoms with E-state index in [1.807, 2.05) is 38.1 Å². The van der Waals surface area contributed by atoms with Gasteiger partial charge in [0.1, 0.15) is 18.4 Å². The van der Waals surface area contributed by atoms with Crippen molar-refractivity contribution in [1.82, 2.24) is 4.57 Å². The van der Waals surface area contributed by atoms with E-state index in [0.29, 0.717) is 68.1 Å². The van der Waals surface area contributed by atoms with Gasteiger partial charge in [-0.15, -0.1) is 0 Å². The molecule has 0 saturated carbocycles. The van der Waals surface area contributed by atoms with E-state index in [-0.39, 0.29) is 12.2 Å². The number of esters is 1. The Labute approximate surface area is 289 Å². The molecule has 0 bridgehead atoms. The molecule has 0 amide bonds. The highest BCUT2D eigenvalue weighted by Crippen LogP contribution is 2.38. The summed E-state index contributed by atoms with van der Waals surface area (Å²) in [6, 6.07) is 14.3. The van der Waals surface area contributed by atoms with Crippen LogP contribution in [0.25, 0.3) is 6.08 Å². The minimum Gasteiger partial charge on any atom is -0.496 e. The van der Waals surface area contributed by atoms with Gasteiger partial charge in [-0.25, -0.2) is 9.79 Å². The number of allylic oxidation sites excluding steroid dienone is 1. The summed E-state index contributed by atoms with van der Waals surface area (Å²) >= 11 is 7.73. The van der Waals surface area contributed by atoms with Gasteiger partial charge in [-0.2, -0.15) is 0 Å². The number of fused-ring (bicyclic) bond motifs is 1. The quantitative estimate of drug-likeness (QED) is 0.147. The van der Waals surface area contributed by atoms with Crippen LogP contribution in [0.1, 0.15) is 73.0 Å². The van der Waals surface area contributed by atoms with Gasteiger partial charge in [0.15, 0.2) is 16.3 Å². The Morgan fingerprint density at radius 1 is 0.958 bits per heavy atom. The maximum Gasteiger partial charge on any atom is 0.338 e. The van der Waals surface area contributed by atoms with Crippen LogP contribution in [0, 0.1) is 20.8 Å². The molecule has 0 fully saturated rings. The predicted octanol–water partition coefficient (Wildman–Crippen LogP) is 7.14. The number of carbonyl (C=O) groups is 1. The molecule has 0 N–H and O–H groups in total. The lowest BCUT2D eigenvalue weighted by Crippen LogP contribution is -2.40. The molecule has 2 heterocycles. The first-order chi connectivity index (χ1) is 23.1. The van der Waals surface area contributed by atoms with Crippen molar-refractivity contribution >= 4 is 35.0 Å². The molecule has 252 valence electrons. The molecule has 3 aromatic carbocycles. The van der Waals surface area contributed by atoms with Crippen LogP contribution in [0.2, 0.25) is 5.02 Å². The van der Waals surface area contributed by atoms with Crippen molar-refractivity contribution in [2.75, 3.05) is 20.3 Å². The summed E-state index contributed by atoms with van der Waals surface area (Å²) in [5, 5.41) is 0.448. The topological polar surface area (TPSA) is 88.4 Å². The Balaban J connectivity index is 1.62. The maximum absolute atomic E-state index is 14.3. The number of hydrogen-bond acceptors (Lipinski definition) is 8. The van der Waals surface area contributed by atoms with E-state index >= 15 is 0 Å². The lowest BCUT2D eigenvalue weighted by Gasteiger charge is -2.27. The number of aryl methyl sites for hydroxylation is 3. The molecule has 8 nitrogen and oxygen atoms in total. The third-order valence-electron chi connectivity index (χ3n) is 8.16. The van der Waals surface area contributed by atoms with E-state index in [2.05, 4.69) is 32.9 Å². The Morgan fingerprint density at radius 2 is 1.69 bits per heavy atom. The number of halogens is 1. The lowest BCUT2D eigenvalue weighted by molar-refractivity contribution is -0.139. The fourth-order valence-electron chi connectivity index (χ4n) is 6.07. The number of hydrogen-bond donors (Lipinski definition) is 0. The van der Waals surface area contributed by atoms with Crippen molar-refractivity contribution in [2.45, 2.75) is 67.0 Å². The SMILES string of the molecule is CCCC1=C(C(=O)OCC)[C@H](c2cc(Cl)ccc2OC)n2c(s/c(=C/c3ccc(OCc4c(C)cc(C)cc4C)c(OCC)c3)c2=O)=N1. The number of benzene rings is 3. The molecule has 48 heavy (non-hydrogen) atoms. The lowest BCUT2D eigenvalue weighted by atomic mass is 9.93. The fourth-order valence-corrected chi connectivity index (χ4v) is 7.28. The Hall–Kier alpha value is -4.34. The van der Waals surface area contributed by atoms with E-state index < -0.39 is 12.0 Å². The minimum absolute atomic E-state index is 0.178. The van der Waals surface area contributed by atoms with Gasteiger partial charge in [-0.3, -0.25) is 9.36 Å². The number of nitrogens with zero attached hydrogens (tertiary/aromatic N) is 2. The Kier molecular flexibility index (Phi) is 11.1. The van der Waals surface area contributed by atoms with E-state index in [1.165, 1.54) is 28.0 Å². The van der Waals surface area contributed by atoms with Crippen molar-refractivity contribution in [2.24, 2.45) is 4.99 Å². The summed E-state index contributed by atoms with van der Waals surface area (Å²) < 4.78 is 25.4. The maximum atomic E-state index is 14.3. The third kappa shape index (κ3) is 7.22. The summed E-state index contributed by atoms with van der Waals surface area (Å²) in [7, 11) is 1.55. The first-order valence-electron chi connectivity index (χ1n) is 16.1. The predicted molar refractivity (Wildman–Crippen MR) is 190 cm³/mol. The largest absolute Gasteiger partial charge is 0.496 e. The molecule has 5 rings (SSSR count). The zero-order chi connectivity index (χ0) is 34.5. The number of ether oxygens (including phenoxy) is 4. The first kappa shape index (κ1) is 35.0. The van der Waals surface area contributed by atoms with Crippen LogP contribution < -0.4 is 29.1 Å². The van der Waals surface area contributed by atoms with E-state index in [4.69, 9.17) is 35.5 Å². The first-order valence-corrected chi connectivity index (χ1v) is 17.3. The standard InChI is InChI=1S/C38H41ClN2O6S/c1-8-11-29-34(37(43)46-10-3)35(27-20-26(39)13-15-30(27)44-7)41-36(42)33(48-38(41)40-29)19-25-12-14-31(32(18-25)45-9-2)47-21-28-23(5)16-22(4)17-24(28)6/h12-20,35H,8-11,21H2,1-7H3/b33-19+/t35-/m0/s1. The molecule has 1 aliphatic rings. The molecule has 0 unspecified atom stereocenters. The summed E-state index contributed by atoms with van der Waals surface area (Å²) in [5.74, 6) is 1.16. The Bertz CT molecular complexity index is 2040. The van der Waals surface area contributed by atoms with Crippen molar-refractivity contribution in [1.29, 1.82) is 0 Å². The van der Waals surface area contributed by atoms with Crippen LogP contribution in [0.5, 0.6) is 17.2 Å². The number of rotatable bonds is 12. The number of thiazole rings is 1. The highest BCUT2D eigenvalue weighted by Gasteiger charge is 2.36.